The minimum atomic E-state index is -0.297. The number of halogens is 1. The lowest BCUT2D eigenvalue weighted by Crippen LogP contribution is -2.40. The predicted octanol–water partition coefficient (Wildman–Crippen LogP) is 9.58. The van der Waals surface area contributed by atoms with Gasteiger partial charge in [-0.15, -0.1) is 0 Å². The van der Waals surface area contributed by atoms with Crippen molar-refractivity contribution in [1.29, 1.82) is 5.41 Å². The number of nitrogens with one attached hydrogen (secondary N) is 1. The van der Waals surface area contributed by atoms with E-state index in [2.05, 4.69) is 69.3 Å². The number of aryl methyl sites for hydroxylation is 3. The maximum Gasteiger partial charge on any atom is 0.212 e. The molecule has 0 saturated heterocycles. The highest BCUT2D eigenvalue weighted by molar-refractivity contribution is 6.17. The minimum Gasteiger partial charge on any atom is -0.281 e. The SMILES string of the molecule is CCc1cccc(N(C(=N)N(c2ccccc2CC)c2cccc3ccc(F)cc23)c2ccccc2CC)c1. The van der Waals surface area contributed by atoms with Crippen LogP contribution in [-0.2, 0) is 19.3 Å². The molecule has 5 aromatic carbocycles. The fraction of sp³-hybridized carbons (Fsp3) is 0.171. The number of nitrogens with zero attached hydrogens (tertiary/aromatic N) is 2. The van der Waals surface area contributed by atoms with Crippen LogP contribution in [0.4, 0.5) is 27.1 Å². The van der Waals surface area contributed by atoms with Gasteiger partial charge in [0.1, 0.15) is 5.82 Å². The Morgan fingerprint density at radius 1 is 0.615 bits per heavy atom. The summed E-state index contributed by atoms with van der Waals surface area (Å²) in [6.45, 7) is 6.40. The zero-order valence-corrected chi connectivity index (χ0v) is 22.8. The molecule has 0 aliphatic carbocycles. The standard InChI is InChI=1S/C35H34FN3/c1-4-25-13-11-17-30(23-25)38(32-18-9-7-14-26(32)5-2)35(37)39(33-19-10-8-15-27(33)6-3)34-20-12-16-28-21-22-29(36)24-31(28)34/h7-24,37H,4-6H2,1-3H3. The maximum absolute atomic E-state index is 14.6. The van der Waals surface area contributed by atoms with Crippen molar-refractivity contribution in [3.63, 3.8) is 0 Å². The van der Waals surface area contributed by atoms with E-state index in [4.69, 9.17) is 0 Å². The van der Waals surface area contributed by atoms with E-state index in [1.165, 1.54) is 11.6 Å². The molecule has 0 aromatic heterocycles. The average Bonchev–Trinajstić information content (AvgIpc) is 2.98. The number of rotatable bonds is 7. The summed E-state index contributed by atoms with van der Waals surface area (Å²) in [5.74, 6) is -0.0177. The largest absolute Gasteiger partial charge is 0.281 e. The van der Waals surface area contributed by atoms with Gasteiger partial charge in [-0.05, 0) is 83.8 Å². The molecule has 0 saturated carbocycles. The molecule has 4 heteroatoms. The third-order valence-corrected chi connectivity index (χ3v) is 7.29. The van der Waals surface area contributed by atoms with Gasteiger partial charge in [0.2, 0.25) is 5.96 Å². The van der Waals surface area contributed by atoms with Crippen molar-refractivity contribution in [3.05, 3.63) is 132 Å². The Morgan fingerprint density at radius 2 is 1.23 bits per heavy atom. The van der Waals surface area contributed by atoms with Gasteiger partial charge < -0.3 is 0 Å². The summed E-state index contributed by atoms with van der Waals surface area (Å²) in [5, 5.41) is 11.6. The van der Waals surface area contributed by atoms with E-state index in [1.807, 2.05) is 52.3 Å². The highest BCUT2D eigenvalue weighted by Gasteiger charge is 2.27. The molecular formula is C35H34FN3. The second-order valence-corrected chi connectivity index (χ2v) is 9.63. The number of hydrogen-bond donors (Lipinski definition) is 1. The van der Waals surface area contributed by atoms with E-state index in [-0.39, 0.29) is 11.8 Å². The van der Waals surface area contributed by atoms with Crippen LogP contribution < -0.4 is 9.80 Å². The fourth-order valence-electron chi connectivity index (χ4n) is 5.23. The molecule has 0 spiro atoms. The third kappa shape index (κ3) is 5.15. The quantitative estimate of drug-likeness (QED) is 0.173. The highest BCUT2D eigenvalue weighted by Crippen LogP contribution is 2.39. The van der Waals surface area contributed by atoms with Crippen molar-refractivity contribution in [1.82, 2.24) is 0 Å². The smallest absolute Gasteiger partial charge is 0.212 e. The molecule has 39 heavy (non-hydrogen) atoms. The normalized spacial score (nSPS) is 11.0. The topological polar surface area (TPSA) is 30.3 Å². The van der Waals surface area contributed by atoms with Crippen LogP contribution in [0.2, 0.25) is 0 Å². The Labute approximate surface area is 230 Å². The van der Waals surface area contributed by atoms with Crippen molar-refractivity contribution in [2.24, 2.45) is 0 Å². The third-order valence-electron chi connectivity index (χ3n) is 7.29. The van der Waals surface area contributed by atoms with Crippen molar-refractivity contribution in [2.75, 3.05) is 9.80 Å². The van der Waals surface area contributed by atoms with Crippen LogP contribution in [0.15, 0.2) is 109 Å². The molecule has 0 radical (unpaired) electrons. The van der Waals surface area contributed by atoms with Crippen LogP contribution >= 0.6 is 0 Å². The summed E-state index contributed by atoms with van der Waals surface area (Å²) in [6, 6.07) is 35.7. The monoisotopic (exact) mass is 515 g/mol. The van der Waals surface area contributed by atoms with Crippen LogP contribution in [0.1, 0.15) is 37.5 Å². The summed E-state index contributed by atoms with van der Waals surface area (Å²) in [4.78, 5) is 4.01. The molecule has 0 aliphatic heterocycles. The summed E-state index contributed by atoms with van der Waals surface area (Å²) >= 11 is 0. The van der Waals surface area contributed by atoms with Gasteiger partial charge in [-0.25, -0.2) is 4.39 Å². The van der Waals surface area contributed by atoms with Gasteiger partial charge in [-0.3, -0.25) is 15.2 Å². The van der Waals surface area contributed by atoms with E-state index in [0.717, 1.165) is 63.9 Å². The van der Waals surface area contributed by atoms with Gasteiger partial charge in [-0.2, -0.15) is 0 Å². The molecule has 0 bridgehead atoms. The molecule has 196 valence electrons. The van der Waals surface area contributed by atoms with Crippen molar-refractivity contribution in [3.8, 4) is 0 Å². The van der Waals surface area contributed by atoms with Gasteiger partial charge in [0.05, 0.1) is 17.1 Å². The van der Waals surface area contributed by atoms with Crippen molar-refractivity contribution < 1.29 is 4.39 Å². The molecule has 5 aromatic rings. The van der Waals surface area contributed by atoms with E-state index >= 15 is 0 Å². The molecule has 0 amide bonds. The minimum absolute atomic E-state index is 0.279. The number of hydrogen-bond acceptors (Lipinski definition) is 1. The first-order valence-electron chi connectivity index (χ1n) is 13.7. The lowest BCUT2D eigenvalue weighted by atomic mass is 10.0. The molecule has 0 unspecified atom stereocenters. The Balaban J connectivity index is 1.81. The maximum atomic E-state index is 14.6. The van der Waals surface area contributed by atoms with Crippen LogP contribution in [0.3, 0.4) is 0 Å². The lowest BCUT2D eigenvalue weighted by molar-refractivity contribution is 0.630. The van der Waals surface area contributed by atoms with Crippen LogP contribution in [0.25, 0.3) is 10.8 Å². The number of benzene rings is 5. The van der Waals surface area contributed by atoms with Crippen molar-refractivity contribution in [2.45, 2.75) is 40.0 Å². The Bertz CT molecular complexity index is 1620. The molecule has 0 atom stereocenters. The van der Waals surface area contributed by atoms with Crippen LogP contribution in [0.5, 0.6) is 0 Å². The first-order chi connectivity index (χ1) is 19.0. The zero-order valence-electron chi connectivity index (χ0n) is 22.8. The number of anilines is 4. The van der Waals surface area contributed by atoms with Crippen LogP contribution in [-0.4, -0.2) is 5.96 Å². The lowest BCUT2D eigenvalue weighted by Gasteiger charge is -2.36. The summed E-state index contributed by atoms with van der Waals surface area (Å²) < 4.78 is 14.6. The van der Waals surface area contributed by atoms with E-state index in [1.54, 1.807) is 12.1 Å². The summed E-state index contributed by atoms with van der Waals surface area (Å²) in [5.41, 5.74) is 7.02. The molecule has 5 rings (SSSR count). The Kier molecular flexibility index (Phi) is 7.74. The molecule has 3 nitrogen and oxygen atoms in total. The number of para-hydroxylation sites is 2. The summed E-state index contributed by atoms with van der Waals surface area (Å²) in [6.07, 6.45) is 2.53. The van der Waals surface area contributed by atoms with E-state index in [9.17, 15) is 9.80 Å². The molecule has 0 fully saturated rings. The first kappa shape index (κ1) is 26.2. The van der Waals surface area contributed by atoms with E-state index < -0.39 is 0 Å². The average molecular weight is 516 g/mol. The molecule has 1 N–H and O–H groups in total. The Morgan fingerprint density at radius 3 is 1.90 bits per heavy atom. The number of fused-ring (bicyclic) bond motifs is 1. The second kappa shape index (κ2) is 11.5. The zero-order chi connectivity index (χ0) is 27.4. The Hall–Kier alpha value is -4.44. The van der Waals surface area contributed by atoms with Gasteiger partial charge in [-0.1, -0.05) is 87.5 Å². The fourth-order valence-corrected chi connectivity index (χ4v) is 5.23. The van der Waals surface area contributed by atoms with Gasteiger partial charge in [0.15, 0.2) is 0 Å². The summed E-state index contributed by atoms with van der Waals surface area (Å²) in [7, 11) is 0. The molecular weight excluding hydrogens is 481 g/mol. The predicted molar refractivity (Wildman–Crippen MR) is 163 cm³/mol. The molecule has 0 aliphatic rings. The molecule has 0 heterocycles. The van der Waals surface area contributed by atoms with Gasteiger partial charge >= 0.3 is 0 Å². The van der Waals surface area contributed by atoms with E-state index in [0.29, 0.717) is 0 Å². The first-order valence-corrected chi connectivity index (χ1v) is 13.7. The highest BCUT2D eigenvalue weighted by atomic mass is 19.1. The second-order valence-electron chi connectivity index (χ2n) is 9.63. The van der Waals surface area contributed by atoms with Crippen molar-refractivity contribution >= 4 is 39.5 Å². The van der Waals surface area contributed by atoms with Gasteiger partial charge in [0.25, 0.3) is 0 Å². The number of guanidine groups is 1. The van der Waals surface area contributed by atoms with Crippen LogP contribution in [0, 0.1) is 11.2 Å². The van der Waals surface area contributed by atoms with Gasteiger partial charge in [0, 0.05) is 11.1 Å².